The fourth-order valence-corrected chi connectivity index (χ4v) is 4.47. The number of sulfonamides is 2. The summed E-state index contributed by atoms with van der Waals surface area (Å²) in [6, 6.07) is 10.1. The lowest BCUT2D eigenvalue weighted by atomic mass is 10.0. The van der Waals surface area contributed by atoms with Crippen molar-refractivity contribution in [2.75, 3.05) is 25.7 Å². The van der Waals surface area contributed by atoms with E-state index in [2.05, 4.69) is 10.0 Å². The van der Waals surface area contributed by atoms with Crippen LogP contribution in [0.1, 0.15) is 23.6 Å². The summed E-state index contributed by atoms with van der Waals surface area (Å²) in [5.41, 5.74) is 1.57. The van der Waals surface area contributed by atoms with Crippen LogP contribution >= 0.6 is 11.6 Å². The third kappa shape index (κ3) is 6.51. The van der Waals surface area contributed by atoms with Crippen LogP contribution in [0.15, 0.2) is 47.4 Å². The molecule has 2 aromatic rings. The van der Waals surface area contributed by atoms with E-state index in [4.69, 9.17) is 11.6 Å². The summed E-state index contributed by atoms with van der Waals surface area (Å²) in [4.78, 5) is 12.7. The van der Waals surface area contributed by atoms with E-state index in [1.54, 1.807) is 37.3 Å². The van der Waals surface area contributed by atoms with E-state index in [1.807, 2.05) is 0 Å². The predicted molar refractivity (Wildman–Crippen MR) is 117 cm³/mol. The number of amides is 1. The number of aryl methyl sites for hydroxylation is 1. The van der Waals surface area contributed by atoms with Gasteiger partial charge in [0.1, 0.15) is 0 Å². The van der Waals surface area contributed by atoms with Crippen molar-refractivity contribution in [3.63, 3.8) is 0 Å². The Hall–Kier alpha value is -1.98. The molecule has 0 radical (unpaired) electrons. The minimum Gasteiger partial charge on any atom is -0.326 e. The Labute approximate surface area is 182 Å². The monoisotopic (exact) mass is 473 g/mol. The molecule has 2 N–H and O–H groups in total. The molecular formula is C19H24ClN3O5S2. The highest BCUT2D eigenvalue weighted by molar-refractivity contribution is 7.89. The molecule has 1 unspecified atom stereocenters. The van der Waals surface area contributed by atoms with E-state index >= 15 is 0 Å². The average molecular weight is 474 g/mol. The van der Waals surface area contributed by atoms with E-state index in [0.717, 1.165) is 10.6 Å². The SMILES string of the molecule is Cc1ccc(S(=O)(=O)N(C)C)cc1NC(=O)CC(NS(C)(=O)=O)c1ccc(Cl)cc1. The molecule has 164 valence electrons. The fraction of sp³-hybridized carbons (Fsp3) is 0.316. The lowest BCUT2D eigenvalue weighted by Gasteiger charge is -2.19. The second-order valence-electron chi connectivity index (χ2n) is 7.01. The first-order chi connectivity index (χ1) is 13.8. The van der Waals surface area contributed by atoms with Gasteiger partial charge in [0.15, 0.2) is 0 Å². The number of hydrogen-bond acceptors (Lipinski definition) is 5. The van der Waals surface area contributed by atoms with Crippen molar-refractivity contribution in [3.8, 4) is 0 Å². The normalized spacial score (nSPS) is 13.3. The molecule has 0 aliphatic heterocycles. The van der Waals surface area contributed by atoms with Gasteiger partial charge in [0, 0.05) is 31.2 Å². The third-order valence-electron chi connectivity index (χ3n) is 4.28. The fourth-order valence-electron chi connectivity index (χ4n) is 2.67. The molecule has 0 bridgehead atoms. The van der Waals surface area contributed by atoms with Crippen molar-refractivity contribution >= 4 is 43.2 Å². The molecule has 0 spiro atoms. The Morgan fingerprint density at radius 3 is 2.20 bits per heavy atom. The van der Waals surface area contributed by atoms with Crippen LogP contribution < -0.4 is 10.0 Å². The molecule has 0 fully saturated rings. The van der Waals surface area contributed by atoms with Gasteiger partial charge in [-0.25, -0.2) is 25.9 Å². The Balaban J connectivity index is 2.28. The number of nitrogens with zero attached hydrogens (tertiary/aromatic N) is 1. The Morgan fingerprint density at radius 1 is 1.07 bits per heavy atom. The summed E-state index contributed by atoms with van der Waals surface area (Å²) in [7, 11) is -4.42. The second kappa shape index (κ2) is 9.44. The first-order valence-electron chi connectivity index (χ1n) is 8.85. The quantitative estimate of drug-likeness (QED) is 0.611. The summed E-state index contributed by atoms with van der Waals surface area (Å²) < 4.78 is 51.7. The van der Waals surface area contributed by atoms with E-state index in [0.29, 0.717) is 21.8 Å². The van der Waals surface area contributed by atoms with E-state index in [9.17, 15) is 21.6 Å². The highest BCUT2D eigenvalue weighted by Crippen LogP contribution is 2.24. The topological polar surface area (TPSA) is 113 Å². The number of nitrogens with one attached hydrogen (secondary N) is 2. The summed E-state index contributed by atoms with van der Waals surface area (Å²) in [6.45, 7) is 1.73. The van der Waals surface area contributed by atoms with Gasteiger partial charge in [-0.15, -0.1) is 0 Å². The zero-order valence-electron chi connectivity index (χ0n) is 17.0. The third-order valence-corrected chi connectivity index (χ3v) is 7.06. The maximum Gasteiger partial charge on any atom is 0.242 e. The molecule has 30 heavy (non-hydrogen) atoms. The second-order valence-corrected chi connectivity index (χ2v) is 11.4. The van der Waals surface area contributed by atoms with Crippen LogP contribution in [0.5, 0.6) is 0 Å². The van der Waals surface area contributed by atoms with Crippen molar-refractivity contribution in [2.45, 2.75) is 24.3 Å². The standard InChI is InChI=1S/C19H24ClN3O5S2/c1-13-5-10-16(30(27,28)23(2)3)11-17(13)21-19(24)12-18(22-29(4,25)26)14-6-8-15(20)9-7-14/h5-11,18,22H,12H2,1-4H3,(H,21,24). The summed E-state index contributed by atoms with van der Waals surface area (Å²) in [6.07, 6.45) is 0.812. The molecule has 0 saturated heterocycles. The number of benzene rings is 2. The van der Waals surface area contributed by atoms with Crippen LogP contribution in [0, 0.1) is 6.92 Å². The largest absolute Gasteiger partial charge is 0.326 e. The molecule has 0 aromatic heterocycles. The molecule has 0 saturated carbocycles. The molecule has 0 aliphatic carbocycles. The highest BCUT2D eigenvalue weighted by atomic mass is 35.5. The maximum atomic E-state index is 12.7. The molecule has 0 aliphatic rings. The first kappa shape index (κ1) is 24.3. The summed E-state index contributed by atoms with van der Waals surface area (Å²) in [5, 5.41) is 3.16. The zero-order valence-corrected chi connectivity index (χ0v) is 19.4. The van der Waals surface area contributed by atoms with Gasteiger partial charge in [-0.05, 0) is 42.3 Å². The van der Waals surface area contributed by atoms with Crippen LogP contribution in [0.25, 0.3) is 0 Å². The van der Waals surface area contributed by atoms with E-state index in [-0.39, 0.29) is 11.3 Å². The van der Waals surface area contributed by atoms with E-state index < -0.39 is 32.0 Å². The summed E-state index contributed by atoms with van der Waals surface area (Å²) >= 11 is 5.88. The molecule has 1 amide bonds. The maximum absolute atomic E-state index is 12.7. The van der Waals surface area contributed by atoms with Crippen LogP contribution in [0.2, 0.25) is 5.02 Å². The van der Waals surface area contributed by atoms with E-state index in [1.165, 1.54) is 26.2 Å². The van der Waals surface area contributed by atoms with Gasteiger partial charge in [0.25, 0.3) is 0 Å². The van der Waals surface area contributed by atoms with Gasteiger partial charge < -0.3 is 5.32 Å². The van der Waals surface area contributed by atoms with Crippen LogP contribution in [0.4, 0.5) is 5.69 Å². The van der Waals surface area contributed by atoms with Gasteiger partial charge in [-0.1, -0.05) is 29.8 Å². The lowest BCUT2D eigenvalue weighted by molar-refractivity contribution is -0.116. The van der Waals surface area contributed by atoms with Crippen molar-refractivity contribution in [2.24, 2.45) is 0 Å². The molecule has 0 heterocycles. The minimum atomic E-state index is -3.67. The van der Waals surface area contributed by atoms with Gasteiger partial charge in [-0.2, -0.15) is 0 Å². The van der Waals surface area contributed by atoms with Gasteiger partial charge in [0.05, 0.1) is 17.2 Å². The van der Waals surface area contributed by atoms with Crippen LogP contribution in [-0.2, 0) is 24.8 Å². The molecular weight excluding hydrogens is 450 g/mol. The Morgan fingerprint density at radius 2 is 1.67 bits per heavy atom. The number of carbonyl (C=O) groups is 1. The molecule has 2 aromatic carbocycles. The van der Waals surface area contributed by atoms with Crippen molar-refractivity contribution < 1.29 is 21.6 Å². The molecule has 1 atom stereocenters. The zero-order chi connectivity index (χ0) is 22.7. The Bertz CT molecular complexity index is 1130. The number of halogens is 1. The molecule has 8 nitrogen and oxygen atoms in total. The number of anilines is 1. The number of carbonyl (C=O) groups excluding carboxylic acids is 1. The van der Waals surface area contributed by atoms with Gasteiger partial charge >= 0.3 is 0 Å². The smallest absolute Gasteiger partial charge is 0.242 e. The highest BCUT2D eigenvalue weighted by Gasteiger charge is 2.22. The van der Waals surface area contributed by atoms with Crippen molar-refractivity contribution in [1.29, 1.82) is 0 Å². The molecule has 2 rings (SSSR count). The predicted octanol–water partition coefficient (Wildman–Crippen LogP) is 2.52. The lowest BCUT2D eigenvalue weighted by Crippen LogP contribution is -2.30. The van der Waals surface area contributed by atoms with Crippen LogP contribution in [0.3, 0.4) is 0 Å². The summed E-state index contributed by atoms with van der Waals surface area (Å²) in [5.74, 6) is -0.478. The molecule has 11 heteroatoms. The van der Waals surface area contributed by atoms with Gasteiger partial charge in [-0.3, -0.25) is 4.79 Å². The van der Waals surface area contributed by atoms with Gasteiger partial charge in [0.2, 0.25) is 26.0 Å². The van der Waals surface area contributed by atoms with Crippen molar-refractivity contribution in [1.82, 2.24) is 9.03 Å². The van der Waals surface area contributed by atoms with Crippen molar-refractivity contribution in [3.05, 3.63) is 58.6 Å². The average Bonchev–Trinajstić information content (AvgIpc) is 2.62. The van der Waals surface area contributed by atoms with Crippen LogP contribution in [-0.4, -0.2) is 47.4 Å². The minimum absolute atomic E-state index is 0.0388. The Kier molecular flexibility index (Phi) is 7.64. The number of hydrogen-bond donors (Lipinski definition) is 2. The number of rotatable bonds is 8. The first-order valence-corrected chi connectivity index (χ1v) is 12.6.